The van der Waals surface area contributed by atoms with E-state index in [0.29, 0.717) is 6.04 Å². The van der Waals surface area contributed by atoms with Crippen LogP contribution in [0.1, 0.15) is 32.1 Å². The van der Waals surface area contributed by atoms with Crippen LogP contribution in [-0.2, 0) is 0 Å². The van der Waals surface area contributed by atoms with Crippen molar-refractivity contribution in [3.8, 4) is 0 Å². The summed E-state index contributed by atoms with van der Waals surface area (Å²) in [4.78, 5) is 4.15. The van der Waals surface area contributed by atoms with Crippen LogP contribution in [0.2, 0.25) is 0 Å². The van der Waals surface area contributed by atoms with Crippen LogP contribution in [0.5, 0.6) is 0 Å². The molecule has 1 saturated carbocycles. The maximum absolute atomic E-state index is 5.44. The Bertz CT molecular complexity index is 600. The summed E-state index contributed by atoms with van der Waals surface area (Å²) < 4.78 is 0. The Hall–Kier alpha value is -1.68. The average Bonchev–Trinajstić information content (AvgIpc) is 2.48. The summed E-state index contributed by atoms with van der Waals surface area (Å²) in [5.74, 6) is 0. The summed E-state index contributed by atoms with van der Waals surface area (Å²) in [5, 5.41) is 9.76. The first-order valence-corrected chi connectivity index (χ1v) is 7.64. The molecule has 104 valence electrons. The van der Waals surface area contributed by atoms with Crippen molar-refractivity contribution in [3.05, 3.63) is 36.7 Å². The number of fused-ring (bicyclic) bond motifs is 1. The normalized spacial score (nSPS) is 16.0. The minimum Gasteiger partial charge on any atom is -0.360 e. The Morgan fingerprint density at radius 2 is 2.00 bits per heavy atom. The van der Waals surface area contributed by atoms with Gasteiger partial charge in [-0.3, -0.25) is 4.98 Å². The molecular formula is C16H19N3S. The van der Waals surface area contributed by atoms with Gasteiger partial charge in [0.2, 0.25) is 0 Å². The molecule has 1 heterocycles. The van der Waals surface area contributed by atoms with Gasteiger partial charge in [0.25, 0.3) is 0 Å². The fraction of sp³-hybridized carbons (Fsp3) is 0.375. The van der Waals surface area contributed by atoms with Crippen molar-refractivity contribution in [3.63, 3.8) is 0 Å². The molecule has 0 spiro atoms. The molecule has 2 N–H and O–H groups in total. The van der Waals surface area contributed by atoms with Gasteiger partial charge in [-0.15, -0.1) is 0 Å². The Morgan fingerprint density at radius 3 is 2.85 bits per heavy atom. The van der Waals surface area contributed by atoms with Gasteiger partial charge < -0.3 is 10.6 Å². The smallest absolute Gasteiger partial charge is 0.171 e. The number of thiocarbonyl (C=S) groups is 1. The van der Waals surface area contributed by atoms with Gasteiger partial charge in [0.15, 0.2) is 5.11 Å². The van der Waals surface area contributed by atoms with E-state index in [2.05, 4.69) is 27.8 Å². The lowest BCUT2D eigenvalue weighted by Crippen LogP contribution is -2.38. The molecule has 1 aliphatic rings. The van der Waals surface area contributed by atoms with Gasteiger partial charge >= 0.3 is 0 Å². The van der Waals surface area contributed by atoms with E-state index in [1.54, 1.807) is 0 Å². The number of aromatic nitrogens is 1. The highest BCUT2D eigenvalue weighted by molar-refractivity contribution is 7.80. The molecule has 3 nitrogen and oxygen atoms in total. The van der Waals surface area contributed by atoms with Crippen LogP contribution in [-0.4, -0.2) is 16.1 Å². The van der Waals surface area contributed by atoms with Crippen LogP contribution < -0.4 is 10.6 Å². The van der Waals surface area contributed by atoms with Crippen molar-refractivity contribution < 1.29 is 0 Å². The third-order valence-electron chi connectivity index (χ3n) is 3.87. The molecule has 0 amide bonds. The predicted molar refractivity (Wildman–Crippen MR) is 88.0 cm³/mol. The largest absolute Gasteiger partial charge is 0.360 e. The van der Waals surface area contributed by atoms with Crippen LogP contribution in [0.4, 0.5) is 5.69 Å². The zero-order chi connectivity index (χ0) is 13.8. The van der Waals surface area contributed by atoms with Crippen LogP contribution in [0.25, 0.3) is 10.8 Å². The van der Waals surface area contributed by atoms with Gasteiger partial charge in [-0.05, 0) is 37.2 Å². The van der Waals surface area contributed by atoms with Crippen LogP contribution in [0.15, 0.2) is 36.7 Å². The van der Waals surface area contributed by atoms with E-state index in [1.165, 1.54) is 32.1 Å². The minimum absolute atomic E-state index is 0.528. The first-order chi connectivity index (χ1) is 9.83. The molecule has 1 aromatic heterocycles. The summed E-state index contributed by atoms with van der Waals surface area (Å²) in [7, 11) is 0. The third-order valence-corrected chi connectivity index (χ3v) is 4.09. The number of benzene rings is 1. The van der Waals surface area contributed by atoms with Gasteiger partial charge in [-0.2, -0.15) is 0 Å². The number of nitrogens with zero attached hydrogens (tertiary/aromatic N) is 1. The van der Waals surface area contributed by atoms with Gasteiger partial charge in [-0.25, -0.2) is 0 Å². The third kappa shape index (κ3) is 3.07. The summed E-state index contributed by atoms with van der Waals surface area (Å²) >= 11 is 5.44. The zero-order valence-corrected chi connectivity index (χ0v) is 12.2. The summed E-state index contributed by atoms with van der Waals surface area (Å²) in [6.45, 7) is 0. The Morgan fingerprint density at radius 1 is 1.15 bits per heavy atom. The minimum atomic E-state index is 0.528. The monoisotopic (exact) mass is 285 g/mol. The van der Waals surface area contributed by atoms with Crippen molar-refractivity contribution in [2.24, 2.45) is 0 Å². The van der Waals surface area contributed by atoms with E-state index in [9.17, 15) is 0 Å². The lowest BCUT2D eigenvalue weighted by molar-refractivity contribution is 0.415. The molecule has 0 unspecified atom stereocenters. The molecule has 0 radical (unpaired) electrons. The lowest BCUT2D eigenvalue weighted by atomic mass is 9.96. The Balaban J connectivity index is 1.71. The fourth-order valence-electron chi connectivity index (χ4n) is 2.82. The lowest BCUT2D eigenvalue weighted by Gasteiger charge is -2.24. The zero-order valence-electron chi connectivity index (χ0n) is 11.4. The highest BCUT2D eigenvalue weighted by Gasteiger charge is 2.14. The molecule has 4 heteroatoms. The number of hydrogen-bond donors (Lipinski definition) is 2. The van der Waals surface area contributed by atoms with Gasteiger partial charge in [0.1, 0.15) is 0 Å². The van der Waals surface area contributed by atoms with Crippen LogP contribution in [0, 0.1) is 0 Å². The van der Waals surface area contributed by atoms with Crippen molar-refractivity contribution in [2.75, 3.05) is 5.32 Å². The highest BCUT2D eigenvalue weighted by atomic mass is 32.1. The molecule has 1 fully saturated rings. The number of anilines is 1. The second kappa shape index (κ2) is 6.18. The molecule has 1 aromatic carbocycles. The van der Waals surface area contributed by atoms with Gasteiger partial charge in [-0.1, -0.05) is 31.4 Å². The summed E-state index contributed by atoms with van der Waals surface area (Å²) in [6.07, 6.45) is 10.1. The molecule has 0 bridgehead atoms. The van der Waals surface area contributed by atoms with E-state index in [-0.39, 0.29) is 0 Å². The van der Waals surface area contributed by atoms with Gasteiger partial charge in [0.05, 0.1) is 0 Å². The molecule has 1 aliphatic carbocycles. The topological polar surface area (TPSA) is 37.0 Å². The molecule has 0 atom stereocenters. The van der Waals surface area contributed by atoms with Crippen molar-refractivity contribution in [2.45, 2.75) is 38.1 Å². The molecule has 0 saturated heterocycles. The van der Waals surface area contributed by atoms with E-state index < -0.39 is 0 Å². The van der Waals surface area contributed by atoms with Crippen molar-refractivity contribution >= 4 is 33.8 Å². The second-order valence-corrected chi connectivity index (χ2v) is 5.74. The number of hydrogen-bond acceptors (Lipinski definition) is 2. The molecular weight excluding hydrogens is 266 g/mol. The van der Waals surface area contributed by atoms with Crippen molar-refractivity contribution in [1.82, 2.24) is 10.3 Å². The Labute approximate surface area is 124 Å². The molecule has 3 rings (SSSR count). The predicted octanol–water partition coefficient (Wildman–Crippen LogP) is 3.85. The number of nitrogens with one attached hydrogen (secondary N) is 2. The first kappa shape index (κ1) is 13.3. The summed E-state index contributed by atoms with van der Waals surface area (Å²) in [5.41, 5.74) is 1.04. The second-order valence-electron chi connectivity index (χ2n) is 5.34. The standard InChI is InChI=1S/C16H19N3S/c20-16(18-13-6-2-1-3-7-13)19-15-8-4-5-12-11-17-10-9-14(12)15/h4-5,8-11,13H,1-3,6-7H2,(H2,18,19,20). The van der Waals surface area contributed by atoms with E-state index >= 15 is 0 Å². The van der Waals surface area contributed by atoms with Gasteiger partial charge in [0, 0.05) is 34.9 Å². The number of pyridine rings is 1. The van der Waals surface area contributed by atoms with E-state index in [0.717, 1.165) is 21.6 Å². The summed E-state index contributed by atoms with van der Waals surface area (Å²) in [6, 6.07) is 8.68. The van der Waals surface area contributed by atoms with Crippen molar-refractivity contribution in [1.29, 1.82) is 0 Å². The van der Waals surface area contributed by atoms with Crippen LogP contribution in [0.3, 0.4) is 0 Å². The number of rotatable bonds is 2. The first-order valence-electron chi connectivity index (χ1n) is 7.23. The van der Waals surface area contributed by atoms with E-state index in [1.807, 2.05) is 24.5 Å². The maximum Gasteiger partial charge on any atom is 0.171 e. The molecule has 2 aromatic rings. The SMILES string of the molecule is S=C(Nc1cccc2cnccc12)NC1CCCCC1. The average molecular weight is 285 g/mol. The van der Waals surface area contributed by atoms with Crippen LogP contribution >= 0.6 is 12.2 Å². The highest BCUT2D eigenvalue weighted by Crippen LogP contribution is 2.22. The fourth-order valence-corrected chi connectivity index (χ4v) is 3.10. The Kier molecular flexibility index (Phi) is 4.11. The molecule has 0 aliphatic heterocycles. The maximum atomic E-state index is 5.44. The molecule has 20 heavy (non-hydrogen) atoms. The van der Waals surface area contributed by atoms with E-state index in [4.69, 9.17) is 12.2 Å². The quantitative estimate of drug-likeness (QED) is 0.822.